The van der Waals surface area contributed by atoms with Crippen LogP contribution in [0.3, 0.4) is 0 Å². The van der Waals surface area contributed by atoms with E-state index in [0.717, 1.165) is 21.8 Å². The number of hydrogen-bond donors (Lipinski definition) is 1. The summed E-state index contributed by atoms with van der Waals surface area (Å²) >= 11 is 3.39. The number of carboxylic acid groups (broad SMARTS) is 1. The molecular formula is C15H17BrN2O2. The van der Waals surface area contributed by atoms with Gasteiger partial charge in [-0.15, -0.1) is 0 Å². The highest BCUT2D eigenvalue weighted by atomic mass is 79.9. The van der Waals surface area contributed by atoms with Crippen LogP contribution in [0.2, 0.25) is 0 Å². The lowest BCUT2D eigenvalue weighted by Gasteiger charge is -2.29. The van der Waals surface area contributed by atoms with Crippen LogP contribution >= 0.6 is 15.9 Å². The van der Waals surface area contributed by atoms with E-state index in [1.165, 1.54) is 0 Å². The highest BCUT2D eigenvalue weighted by Crippen LogP contribution is 2.27. The molecule has 1 rings (SSSR count). The lowest BCUT2D eigenvalue weighted by atomic mass is 10.1. The van der Waals surface area contributed by atoms with E-state index in [9.17, 15) is 4.79 Å². The maximum atomic E-state index is 10.7. The molecule has 0 amide bonds. The van der Waals surface area contributed by atoms with Crippen molar-refractivity contribution in [1.82, 2.24) is 0 Å². The van der Waals surface area contributed by atoms with Crippen LogP contribution in [-0.2, 0) is 4.79 Å². The summed E-state index contributed by atoms with van der Waals surface area (Å²) in [6.45, 7) is 4.71. The maximum Gasteiger partial charge on any atom is 0.328 e. The Balaban J connectivity index is 3.19. The van der Waals surface area contributed by atoms with E-state index in [0.29, 0.717) is 13.0 Å². The SMILES string of the molecule is CC(C)N(CCC#N)c1ccc(Br)cc1/C=C/C(=O)O. The number of hydrogen-bond acceptors (Lipinski definition) is 3. The second kappa shape index (κ2) is 7.71. The van der Waals surface area contributed by atoms with Crippen LogP contribution in [0, 0.1) is 11.3 Å². The van der Waals surface area contributed by atoms with Crippen LogP contribution in [0.15, 0.2) is 28.7 Å². The Kier molecular flexibility index (Phi) is 6.26. The van der Waals surface area contributed by atoms with Gasteiger partial charge in [-0.1, -0.05) is 15.9 Å². The van der Waals surface area contributed by atoms with E-state index in [1.807, 2.05) is 32.0 Å². The number of carboxylic acids is 1. The second-order valence-electron chi connectivity index (χ2n) is 4.57. The van der Waals surface area contributed by atoms with Crippen molar-refractivity contribution in [2.24, 2.45) is 0 Å². The van der Waals surface area contributed by atoms with Gasteiger partial charge in [-0.2, -0.15) is 5.26 Å². The smallest absolute Gasteiger partial charge is 0.328 e. The predicted octanol–water partition coefficient (Wildman–Crippen LogP) is 3.68. The Bertz CT molecular complexity index is 547. The topological polar surface area (TPSA) is 64.3 Å². The number of benzene rings is 1. The summed E-state index contributed by atoms with van der Waals surface area (Å²) in [5.74, 6) is -0.982. The molecule has 0 heterocycles. The number of halogens is 1. The molecule has 4 nitrogen and oxygen atoms in total. The summed E-state index contributed by atoms with van der Waals surface area (Å²) in [4.78, 5) is 12.8. The van der Waals surface area contributed by atoms with E-state index >= 15 is 0 Å². The first kappa shape index (κ1) is 16.3. The monoisotopic (exact) mass is 336 g/mol. The third-order valence-electron chi connectivity index (χ3n) is 2.79. The van der Waals surface area contributed by atoms with Gasteiger partial charge in [0.2, 0.25) is 0 Å². The van der Waals surface area contributed by atoms with Crippen LogP contribution in [-0.4, -0.2) is 23.7 Å². The van der Waals surface area contributed by atoms with Crippen LogP contribution in [0.1, 0.15) is 25.8 Å². The van der Waals surface area contributed by atoms with Crippen molar-refractivity contribution >= 4 is 33.7 Å². The lowest BCUT2D eigenvalue weighted by Crippen LogP contribution is -2.32. The summed E-state index contributed by atoms with van der Waals surface area (Å²) < 4.78 is 0.885. The Labute approximate surface area is 127 Å². The molecule has 0 saturated heterocycles. The Hall–Kier alpha value is -1.80. The fourth-order valence-corrected chi connectivity index (χ4v) is 2.29. The summed E-state index contributed by atoms with van der Waals surface area (Å²) in [6, 6.07) is 8.08. The average Bonchev–Trinajstić information content (AvgIpc) is 2.38. The zero-order valence-electron chi connectivity index (χ0n) is 11.5. The first-order chi connectivity index (χ1) is 9.45. The molecule has 1 aromatic carbocycles. The normalized spacial score (nSPS) is 10.8. The number of rotatable bonds is 6. The molecule has 0 radical (unpaired) electrons. The molecule has 0 saturated carbocycles. The summed E-state index contributed by atoms with van der Waals surface area (Å²) in [7, 11) is 0. The highest BCUT2D eigenvalue weighted by molar-refractivity contribution is 9.10. The molecule has 0 fully saturated rings. The number of anilines is 1. The average molecular weight is 337 g/mol. The molecule has 0 aliphatic carbocycles. The number of carbonyl (C=O) groups is 1. The zero-order valence-corrected chi connectivity index (χ0v) is 13.1. The molecule has 1 aromatic rings. The quantitative estimate of drug-likeness (QED) is 0.805. The van der Waals surface area contributed by atoms with Crippen LogP contribution in [0.5, 0.6) is 0 Å². The molecular weight excluding hydrogens is 320 g/mol. The van der Waals surface area contributed by atoms with Gasteiger partial charge in [0.05, 0.1) is 12.5 Å². The third kappa shape index (κ3) is 4.71. The van der Waals surface area contributed by atoms with Gasteiger partial charge < -0.3 is 10.0 Å². The summed E-state index contributed by atoms with van der Waals surface area (Å²) in [5.41, 5.74) is 1.74. The molecule has 106 valence electrons. The zero-order chi connectivity index (χ0) is 15.1. The van der Waals surface area contributed by atoms with Crippen LogP contribution < -0.4 is 4.90 Å². The molecule has 1 N–H and O–H groups in total. The molecule has 0 aliphatic rings. The van der Waals surface area contributed by atoms with Crippen molar-refractivity contribution in [3.63, 3.8) is 0 Å². The number of nitriles is 1. The number of aliphatic carboxylic acids is 1. The molecule has 5 heteroatoms. The highest BCUT2D eigenvalue weighted by Gasteiger charge is 2.13. The van der Waals surface area contributed by atoms with Gasteiger partial charge in [-0.25, -0.2) is 4.79 Å². The van der Waals surface area contributed by atoms with Crippen molar-refractivity contribution in [2.45, 2.75) is 26.3 Å². The lowest BCUT2D eigenvalue weighted by molar-refractivity contribution is -0.131. The maximum absolute atomic E-state index is 10.7. The molecule has 0 atom stereocenters. The Morgan fingerprint density at radius 1 is 1.55 bits per heavy atom. The van der Waals surface area contributed by atoms with Crippen molar-refractivity contribution < 1.29 is 9.90 Å². The Morgan fingerprint density at radius 3 is 2.80 bits per heavy atom. The van der Waals surface area contributed by atoms with E-state index in [2.05, 4.69) is 26.9 Å². The van der Waals surface area contributed by atoms with Crippen molar-refractivity contribution in [3.8, 4) is 6.07 Å². The van der Waals surface area contributed by atoms with Gasteiger partial charge in [0, 0.05) is 28.8 Å². The van der Waals surface area contributed by atoms with Crippen molar-refractivity contribution in [1.29, 1.82) is 5.26 Å². The first-order valence-corrected chi connectivity index (χ1v) is 7.09. The standard InChI is InChI=1S/C15H17BrN2O2/c1-11(2)18(9-3-8-17)14-6-5-13(16)10-12(14)4-7-15(19)20/h4-7,10-11H,3,9H2,1-2H3,(H,19,20)/b7-4+. The minimum absolute atomic E-state index is 0.224. The minimum atomic E-state index is -0.982. The van der Waals surface area contributed by atoms with Gasteiger partial charge in [-0.3, -0.25) is 0 Å². The molecule has 0 bridgehead atoms. The molecule has 0 aromatic heterocycles. The van der Waals surface area contributed by atoms with E-state index in [1.54, 1.807) is 6.08 Å². The molecule has 0 unspecified atom stereocenters. The van der Waals surface area contributed by atoms with Gasteiger partial charge in [-0.05, 0) is 43.7 Å². The fraction of sp³-hybridized carbons (Fsp3) is 0.333. The van der Waals surface area contributed by atoms with Gasteiger partial charge in [0.15, 0.2) is 0 Å². The van der Waals surface area contributed by atoms with Crippen LogP contribution in [0.4, 0.5) is 5.69 Å². The molecule has 20 heavy (non-hydrogen) atoms. The fourth-order valence-electron chi connectivity index (χ4n) is 1.91. The minimum Gasteiger partial charge on any atom is -0.478 e. The van der Waals surface area contributed by atoms with Gasteiger partial charge >= 0.3 is 5.97 Å². The Morgan fingerprint density at radius 2 is 2.25 bits per heavy atom. The number of nitrogens with zero attached hydrogens (tertiary/aromatic N) is 2. The van der Waals surface area contributed by atoms with Gasteiger partial charge in [0.25, 0.3) is 0 Å². The predicted molar refractivity (Wildman–Crippen MR) is 83.5 cm³/mol. The van der Waals surface area contributed by atoms with Gasteiger partial charge in [0.1, 0.15) is 0 Å². The van der Waals surface area contributed by atoms with Crippen molar-refractivity contribution in [2.75, 3.05) is 11.4 Å². The van der Waals surface area contributed by atoms with E-state index in [-0.39, 0.29) is 6.04 Å². The van der Waals surface area contributed by atoms with E-state index < -0.39 is 5.97 Å². The summed E-state index contributed by atoms with van der Waals surface area (Å²) in [6.07, 6.45) is 3.12. The second-order valence-corrected chi connectivity index (χ2v) is 5.49. The summed E-state index contributed by atoms with van der Waals surface area (Å²) in [5, 5.41) is 17.5. The first-order valence-electron chi connectivity index (χ1n) is 6.30. The van der Waals surface area contributed by atoms with Crippen LogP contribution in [0.25, 0.3) is 6.08 Å². The largest absolute Gasteiger partial charge is 0.478 e. The molecule has 0 aliphatic heterocycles. The van der Waals surface area contributed by atoms with Crippen molar-refractivity contribution in [3.05, 3.63) is 34.3 Å². The molecule has 0 spiro atoms. The van der Waals surface area contributed by atoms with E-state index in [4.69, 9.17) is 10.4 Å². The third-order valence-corrected chi connectivity index (χ3v) is 3.29.